The van der Waals surface area contributed by atoms with Crippen molar-refractivity contribution in [1.29, 1.82) is 0 Å². The molecule has 4 nitrogen and oxygen atoms in total. The molecule has 0 fully saturated rings. The second-order valence-electron chi connectivity index (χ2n) is 4.76. The largest absolute Gasteiger partial charge is 0.452 e. The van der Waals surface area contributed by atoms with Crippen LogP contribution in [-0.4, -0.2) is 18.0 Å². The Labute approximate surface area is 127 Å². The number of amides is 1. The predicted octanol–water partition coefficient (Wildman–Crippen LogP) is 2.94. The Kier molecular flexibility index (Phi) is 5.25. The number of hydrogen-bond donors (Lipinski definition) is 1. The maximum Gasteiger partial charge on any atom is 0.311 e. The Hall–Kier alpha value is -2.69. The topological polar surface area (TPSA) is 55.4 Å². The second-order valence-corrected chi connectivity index (χ2v) is 4.76. The van der Waals surface area contributed by atoms with E-state index in [9.17, 15) is 14.0 Å². The van der Waals surface area contributed by atoms with E-state index in [0.717, 1.165) is 0 Å². The lowest BCUT2D eigenvalue weighted by molar-refractivity contribution is -0.152. The van der Waals surface area contributed by atoms with Gasteiger partial charge in [0.15, 0.2) is 6.10 Å². The number of benzene rings is 2. The lowest BCUT2D eigenvalue weighted by Gasteiger charge is -2.13. The average Bonchev–Trinajstić information content (AvgIpc) is 2.50. The predicted molar refractivity (Wildman–Crippen MR) is 80.7 cm³/mol. The molecule has 2 aromatic rings. The highest BCUT2D eigenvalue weighted by Crippen LogP contribution is 2.10. The molecular weight excluding hydrogens is 285 g/mol. The van der Waals surface area contributed by atoms with Crippen molar-refractivity contribution in [1.82, 2.24) is 0 Å². The molecule has 0 radical (unpaired) electrons. The molecule has 0 spiro atoms. The van der Waals surface area contributed by atoms with Gasteiger partial charge in [0.05, 0.1) is 6.42 Å². The van der Waals surface area contributed by atoms with E-state index in [1.54, 1.807) is 36.4 Å². The molecule has 0 aromatic heterocycles. The van der Waals surface area contributed by atoms with Crippen molar-refractivity contribution in [2.75, 3.05) is 5.32 Å². The molecule has 1 N–H and O–H groups in total. The average molecular weight is 301 g/mol. The van der Waals surface area contributed by atoms with Gasteiger partial charge in [-0.15, -0.1) is 0 Å². The fourth-order valence-electron chi connectivity index (χ4n) is 1.85. The van der Waals surface area contributed by atoms with Gasteiger partial charge in [-0.05, 0) is 30.7 Å². The lowest BCUT2D eigenvalue weighted by atomic mass is 10.1. The molecule has 2 aromatic carbocycles. The van der Waals surface area contributed by atoms with Gasteiger partial charge < -0.3 is 10.1 Å². The molecule has 0 heterocycles. The Balaban J connectivity index is 1.88. The molecule has 0 saturated carbocycles. The van der Waals surface area contributed by atoms with Gasteiger partial charge in [0.2, 0.25) is 0 Å². The highest BCUT2D eigenvalue weighted by atomic mass is 19.1. The molecule has 0 aliphatic carbocycles. The number of halogens is 1. The molecule has 0 aliphatic rings. The van der Waals surface area contributed by atoms with Crippen molar-refractivity contribution in [3.05, 3.63) is 66.0 Å². The van der Waals surface area contributed by atoms with Gasteiger partial charge in [-0.2, -0.15) is 0 Å². The number of ether oxygens (including phenoxy) is 1. The van der Waals surface area contributed by atoms with Gasteiger partial charge >= 0.3 is 5.97 Å². The van der Waals surface area contributed by atoms with Crippen molar-refractivity contribution in [3.8, 4) is 0 Å². The summed E-state index contributed by atoms with van der Waals surface area (Å²) in [7, 11) is 0. The zero-order valence-electron chi connectivity index (χ0n) is 12.1. The van der Waals surface area contributed by atoms with Crippen LogP contribution in [0.4, 0.5) is 10.1 Å². The normalized spacial score (nSPS) is 11.5. The van der Waals surface area contributed by atoms with E-state index in [1.807, 2.05) is 6.07 Å². The molecule has 114 valence electrons. The third-order valence-corrected chi connectivity index (χ3v) is 3.01. The summed E-state index contributed by atoms with van der Waals surface area (Å²) in [5.41, 5.74) is 0.854. The number of esters is 1. The van der Waals surface area contributed by atoms with Crippen LogP contribution in [0.3, 0.4) is 0 Å². The molecule has 1 atom stereocenters. The van der Waals surface area contributed by atoms with E-state index in [1.165, 1.54) is 19.1 Å². The molecule has 2 rings (SSSR count). The van der Waals surface area contributed by atoms with E-state index in [2.05, 4.69) is 5.32 Å². The van der Waals surface area contributed by atoms with E-state index in [4.69, 9.17) is 4.74 Å². The highest BCUT2D eigenvalue weighted by Gasteiger charge is 2.18. The highest BCUT2D eigenvalue weighted by molar-refractivity contribution is 5.95. The number of carbonyl (C=O) groups is 2. The van der Waals surface area contributed by atoms with Crippen LogP contribution in [0.1, 0.15) is 12.5 Å². The molecule has 0 bridgehead atoms. The van der Waals surface area contributed by atoms with Crippen LogP contribution in [0.5, 0.6) is 0 Å². The van der Waals surface area contributed by atoms with Crippen LogP contribution in [-0.2, 0) is 20.7 Å². The smallest absolute Gasteiger partial charge is 0.311 e. The first-order valence-corrected chi connectivity index (χ1v) is 6.85. The first kappa shape index (κ1) is 15.7. The first-order chi connectivity index (χ1) is 10.6. The quantitative estimate of drug-likeness (QED) is 0.864. The van der Waals surface area contributed by atoms with Crippen LogP contribution in [0.25, 0.3) is 0 Å². The molecule has 0 unspecified atom stereocenters. The van der Waals surface area contributed by atoms with Crippen molar-refractivity contribution < 1.29 is 18.7 Å². The Morgan fingerprint density at radius 2 is 1.73 bits per heavy atom. The van der Waals surface area contributed by atoms with Crippen LogP contribution < -0.4 is 5.32 Å². The zero-order chi connectivity index (χ0) is 15.9. The number of carbonyl (C=O) groups excluding carboxylic acids is 2. The third kappa shape index (κ3) is 4.41. The number of rotatable bonds is 5. The first-order valence-electron chi connectivity index (χ1n) is 6.85. The molecule has 0 saturated heterocycles. The minimum atomic E-state index is -0.959. The van der Waals surface area contributed by atoms with Crippen LogP contribution >= 0.6 is 0 Å². The molecular formula is C17H16FNO3. The SMILES string of the molecule is C[C@@H](OC(=O)Cc1ccccc1F)C(=O)Nc1ccccc1. The van der Waals surface area contributed by atoms with E-state index in [0.29, 0.717) is 5.69 Å². The summed E-state index contributed by atoms with van der Waals surface area (Å²) >= 11 is 0. The second kappa shape index (κ2) is 7.36. The van der Waals surface area contributed by atoms with Crippen molar-refractivity contribution in [2.45, 2.75) is 19.4 Å². The van der Waals surface area contributed by atoms with Gasteiger partial charge in [0.1, 0.15) is 5.82 Å². The van der Waals surface area contributed by atoms with Gasteiger partial charge in [-0.1, -0.05) is 36.4 Å². The number of anilines is 1. The summed E-state index contributed by atoms with van der Waals surface area (Å²) in [5, 5.41) is 2.63. The molecule has 0 aliphatic heterocycles. The summed E-state index contributed by atoms with van der Waals surface area (Å²) in [4.78, 5) is 23.7. The monoisotopic (exact) mass is 301 g/mol. The number of nitrogens with one attached hydrogen (secondary N) is 1. The van der Waals surface area contributed by atoms with Crippen LogP contribution in [0.2, 0.25) is 0 Å². The van der Waals surface area contributed by atoms with Crippen LogP contribution in [0.15, 0.2) is 54.6 Å². The summed E-state index contributed by atoms with van der Waals surface area (Å²) in [6.07, 6.45) is -1.17. The summed E-state index contributed by atoms with van der Waals surface area (Å²) in [5.74, 6) is -1.56. The number of para-hydroxylation sites is 1. The van der Waals surface area contributed by atoms with Crippen LogP contribution in [0, 0.1) is 5.82 Å². The van der Waals surface area contributed by atoms with E-state index >= 15 is 0 Å². The molecule has 5 heteroatoms. The van der Waals surface area contributed by atoms with Crippen molar-refractivity contribution in [3.63, 3.8) is 0 Å². The third-order valence-electron chi connectivity index (χ3n) is 3.01. The van der Waals surface area contributed by atoms with E-state index < -0.39 is 23.8 Å². The van der Waals surface area contributed by atoms with Gasteiger partial charge in [-0.25, -0.2) is 4.39 Å². The summed E-state index contributed by atoms with van der Waals surface area (Å²) < 4.78 is 18.5. The minimum absolute atomic E-state index is 0.213. The summed E-state index contributed by atoms with van der Waals surface area (Å²) in [6.45, 7) is 1.47. The molecule has 1 amide bonds. The van der Waals surface area contributed by atoms with E-state index in [-0.39, 0.29) is 12.0 Å². The van der Waals surface area contributed by atoms with Gasteiger partial charge in [0.25, 0.3) is 5.91 Å². The number of hydrogen-bond acceptors (Lipinski definition) is 3. The van der Waals surface area contributed by atoms with Gasteiger partial charge in [0, 0.05) is 5.69 Å². The fraction of sp³-hybridized carbons (Fsp3) is 0.176. The Bertz CT molecular complexity index is 658. The maximum atomic E-state index is 13.4. The van der Waals surface area contributed by atoms with Crippen molar-refractivity contribution >= 4 is 17.6 Å². The van der Waals surface area contributed by atoms with Crippen molar-refractivity contribution in [2.24, 2.45) is 0 Å². The lowest BCUT2D eigenvalue weighted by Crippen LogP contribution is -2.30. The Morgan fingerprint density at radius 1 is 1.09 bits per heavy atom. The fourth-order valence-corrected chi connectivity index (χ4v) is 1.85. The summed E-state index contributed by atoms with van der Waals surface area (Å²) in [6, 6.07) is 14.8. The van der Waals surface area contributed by atoms with Gasteiger partial charge in [-0.3, -0.25) is 9.59 Å². The molecule has 22 heavy (non-hydrogen) atoms. The minimum Gasteiger partial charge on any atom is -0.452 e. The maximum absolute atomic E-state index is 13.4. The zero-order valence-corrected chi connectivity index (χ0v) is 12.1. The standard InChI is InChI=1S/C17H16FNO3/c1-12(17(21)19-14-8-3-2-4-9-14)22-16(20)11-13-7-5-6-10-15(13)18/h2-10,12H,11H2,1H3,(H,19,21)/t12-/m1/s1. The Morgan fingerprint density at radius 3 is 2.41 bits per heavy atom.